The van der Waals surface area contributed by atoms with Gasteiger partial charge in [-0.25, -0.2) is 9.78 Å². The molecule has 0 radical (unpaired) electrons. The molecule has 0 aliphatic carbocycles. The van der Waals surface area contributed by atoms with Crippen molar-refractivity contribution in [2.45, 2.75) is 13.0 Å². The second-order valence-electron chi connectivity index (χ2n) is 4.96. The molecule has 0 bridgehead atoms. The van der Waals surface area contributed by atoms with Crippen molar-refractivity contribution in [2.24, 2.45) is 0 Å². The minimum atomic E-state index is -0.100. The molecule has 2 heterocycles. The minimum Gasteiger partial charge on any atom is -0.481 e. The van der Waals surface area contributed by atoms with Crippen LogP contribution in [0, 0.1) is 0 Å². The van der Waals surface area contributed by atoms with Crippen LogP contribution < -0.4 is 10.1 Å². The number of rotatable bonds is 2. The molecule has 2 aromatic rings. The summed E-state index contributed by atoms with van der Waals surface area (Å²) in [5, 5.41) is 2.86. The zero-order valence-corrected chi connectivity index (χ0v) is 11.9. The lowest BCUT2D eigenvalue weighted by Gasteiger charge is -2.28. The highest BCUT2D eigenvalue weighted by atomic mass is 16.5. The number of amides is 2. The molecule has 1 aromatic carbocycles. The second kappa shape index (κ2) is 5.83. The summed E-state index contributed by atoms with van der Waals surface area (Å²) in [7, 11) is 1.56. The molecule has 108 valence electrons. The van der Waals surface area contributed by atoms with Gasteiger partial charge in [-0.2, -0.15) is 0 Å². The number of carbonyl (C=O) groups excluding carboxylic acids is 1. The SMILES string of the molecule is COc1ccc(NC(=O)N2CCc3ccccc3C2)cn1. The number of benzene rings is 1. The first-order valence-electron chi connectivity index (χ1n) is 6.89. The number of pyridine rings is 1. The molecule has 0 fully saturated rings. The first kappa shape index (κ1) is 13.4. The molecule has 21 heavy (non-hydrogen) atoms. The average Bonchev–Trinajstić information content (AvgIpc) is 2.55. The van der Waals surface area contributed by atoms with Crippen molar-refractivity contribution in [3.63, 3.8) is 0 Å². The number of fused-ring (bicyclic) bond motifs is 1. The molecule has 1 aliphatic rings. The lowest BCUT2D eigenvalue weighted by molar-refractivity contribution is 0.206. The van der Waals surface area contributed by atoms with Crippen LogP contribution in [0.2, 0.25) is 0 Å². The zero-order chi connectivity index (χ0) is 14.7. The van der Waals surface area contributed by atoms with Gasteiger partial charge >= 0.3 is 6.03 Å². The maximum atomic E-state index is 12.3. The van der Waals surface area contributed by atoms with Crippen molar-refractivity contribution in [1.29, 1.82) is 0 Å². The van der Waals surface area contributed by atoms with Crippen molar-refractivity contribution >= 4 is 11.7 Å². The van der Waals surface area contributed by atoms with Gasteiger partial charge in [-0.1, -0.05) is 24.3 Å². The van der Waals surface area contributed by atoms with Gasteiger partial charge in [-0.3, -0.25) is 0 Å². The van der Waals surface area contributed by atoms with E-state index in [0.29, 0.717) is 18.1 Å². The number of methoxy groups -OCH3 is 1. The minimum absolute atomic E-state index is 0.100. The van der Waals surface area contributed by atoms with Crippen LogP contribution in [-0.2, 0) is 13.0 Å². The Balaban J connectivity index is 1.66. The van der Waals surface area contributed by atoms with Crippen LogP contribution >= 0.6 is 0 Å². The highest BCUT2D eigenvalue weighted by Crippen LogP contribution is 2.19. The molecule has 5 heteroatoms. The fourth-order valence-corrected chi connectivity index (χ4v) is 2.45. The normalized spacial score (nSPS) is 13.5. The van der Waals surface area contributed by atoms with E-state index in [0.717, 1.165) is 13.0 Å². The molecular weight excluding hydrogens is 266 g/mol. The Morgan fingerprint density at radius 1 is 1.24 bits per heavy atom. The molecule has 1 aliphatic heterocycles. The fourth-order valence-electron chi connectivity index (χ4n) is 2.45. The van der Waals surface area contributed by atoms with Crippen LogP contribution in [0.4, 0.5) is 10.5 Å². The zero-order valence-electron chi connectivity index (χ0n) is 11.9. The number of hydrogen-bond donors (Lipinski definition) is 1. The summed E-state index contributed by atoms with van der Waals surface area (Å²) in [6.45, 7) is 1.37. The second-order valence-corrected chi connectivity index (χ2v) is 4.96. The summed E-state index contributed by atoms with van der Waals surface area (Å²) in [5.41, 5.74) is 3.21. The number of hydrogen-bond acceptors (Lipinski definition) is 3. The Hall–Kier alpha value is -2.56. The van der Waals surface area contributed by atoms with Gasteiger partial charge in [0.05, 0.1) is 19.0 Å². The van der Waals surface area contributed by atoms with Crippen molar-refractivity contribution in [1.82, 2.24) is 9.88 Å². The fraction of sp³-hybridized carbons (Fsp3) is 0.250. The average molecular weight is 283 g/mol. The first-order chi connectivity index (χ1) is 10.3. The van der Waals surface area contributed by atoms with Crippen LogP contribution in [0.25, 0.3) is 0 Å². The lowest BCUT2D eigenvalue weighted by atomic mass is 10.0. The number of nitrogens with one attached hydrogen (secondary N) is 1. The van der Waals surface area contributed by atoms with Crippen LogP contribution in [0.5, 0.6) is 5.88 Å². The van der Waals surface area contributed by atoms with Gasteiger partial charge in [0.25, 0.3) is 0 Å². The third-order valence-corrected chi connectivity index (χ3v) is 3.61. The third kappa shape index (κ3) is 2.97. The topological polar surface area (TPSA) is 54.5 Å². The van der Waals surface area contributed by atoms with Crippen molar-refractivity contribution in [3.05, 3.63) is 53.7 Å². The van der Waals surface area contributed by atoms with Crippen LogP contribution in [0.15, 0.2) is 42.6 Å². The van der Waals surface area contributed by atoms with Crippen molar-refractivity contribution in [3.8, 4) is 5.88 Å². The summed E-state index contributed by atoms with van der Waals surface area (Å²) < 4.78 is 5.00. The molecule has 0 unspecified atom stereocenters. The number of nitrogens with zero attached hydrogens (tertiary/aromatic N) is 2. The first-order valence-corrected chi connectivity index (χ1v) is 6.89. The molecular formula is C16H17N3O2. The highest BCUT2D eigenvalue weighted by molar-refractivity contribution is 5.89. The van der Waals surface area contributed by atoms with E-state index in [9.17, 15) is 4.79 Å². The van der Waals surface area contributed by atoms with Crippen molar-refractivity contribution in [2.75, 3.05) is 19.0 Å². The van der Waals surface area contributed by atoms with E-state index < -0.39 is 0 Å². The maximum Gasteiger partial charge on any atom is 0.322 e. The van der Waals surface area contributed by atoms with Gasteiger partial charge in [0, 0.05) is 19.2 Å². The van der Waals surface area contributed by atoms with E-state index in [1.54, 1.807) is 25.4 Å². The number of ether oxygens (including phenoxy) is 1. The third-order valence-electron chi connectivity index (χ3n) is 3.61. The van der Waals surface area contributed by atoms with E-state index in [-0.39, 0.29) is 6.03 Å². The Morgan fingerprint density at radius 3 is 2.76 bits per heavy atom. The summed E-state index contributed by atoms with van der Waals surface area (Å²) in [5.74, 6) is 0.528. The number of anilines is 1. The Bertz CT molecular complexity index is 640. The van der Waals surface area contributed by atoms with E-state index in [1.165, 1.54) is 11.1 Å². The van der Waals surface area contributed by atoms with Gasteiger partial charge in [0.2, 0.25) is 5.88 Å². The molecule has 0 atom stereocenters. The Labute approximate surface area is 123 Å². The number of aromatic nitrogens is 1. The predicted octanol–water partition coefficient (Wildman–Crippen LogP) is 2.68. The number of urea groups is 1. The molecule has 5 nitrogen and oxygen atoms in total. The van der Waals surface area contributed by atoms with Gasteiger partial charge < -0.3 is 15.0 Å². The van der Waals surface area contributed by atoms with E-state index >= 15 is 0 Å². The molecule has 0 spiro atoms. The molecule has 1 N–H and O–H groups in total. The van der Waals surface area contributed by atoms with Crippen LogP contribution in [0.1, 0.15) is 11.1 Å². The Kier molecular flexibility index (Phi) is 3.73. The predicted molar refractivity (Wildman–Crippen MR) is 80.4 cm³/mol. The monoisotopic (exact) mass is 283 g/mol. The quantitative estimate of drug-likeness (QED) is 0.922. The van der Waals surface area contributed by atoms with E-state index in [2.05, 4.69) is 22.4 Å². The summed E-state index contributed by atoms with van der Waals surface area (Å²) in [6, 6.07) is 11.6. The summed E-state index contributed by atoms with van der Waals surface area (Å²) >= 11 is 0. The lowest BCUT2D eigenvalue weighted by Crippen LogP contribution is -2.38. The largest absolute Gasteiger partial charge is 0.481 e. The highest BCUT2D eigenvalue weighted by Gasteiger charge is 2.20. The van der Waals surface area contributed by atoms with E-state index in [1.807, 2.05) is 17.0 Å². The molecule has 3 rings (SSSR count). The summed E-state index contributed by atoms with van der Waals surface area (Å²) in [4.78, 5) is 18.2. The van der Waals surface area contributed by atoms with Crippen LogP contribution in [0.3, 0.4) is 0 Å². The smallest absolute Gasteiger partial charge is 0.322 e. The maximum absolute atomic E-state index is 12.3. The molecule has 0 saturated carbocycles. The molecule has 2 amide bonds. The van der Waals surface area contributed by atoms with Crippen LogP contribution in [-0.4, -0.2) is 29.6 Å². The van der Waals surface area contributed by atoms with Gasteiger partial charge in [-0.15, -0.1) is 0 Å². The number of carbonyl (C=O) groups is 1. The standard InChI is InChI=1S/C16H17N3O2/c1-21-15-7-6-14(10-17-15)18-16(20)19-9-8-12-4-2-3-5-13(12)11-19/h2-7,10H,8-9,11H2,1H3,(H,18,20). The van der Waals surface area contributed by atoms with Crippen molar-refractivity contribution < 1.29 is 9.53 Å². The molecule has 1 aromatic heterocycles. The van der Waals surface area contributed by atoms with Gasteiger partial charge in [-0.05, 0) is 23.6 Å². The van der Waals surface area contributed by atoms with Gasteiger partial charge in [0.15, 0.2) is 0 Å². The van der Waals surface area contributed by atoms with E-state index in [4.69, 9.17) is 4.74 Å². The molecule has 0 saturated heterocycles. The Morgan fingerprint density at radius 2 is 2.05 bits per heavy atom. The summed E-state index contributed by atoms with van der Waals surface area (Å²) in [6.07, 6.45) is 2.49. The van der Waals surface area contributed by atoms with Gasteiger partial charge in [0.1, 0.15) is 0 Å².